The van der Waals surface area contributed by atoms with Gasteiger partial charge in [-0.3, -0.25) is 19.9 Å². The molecule has 0 N–H and O–H groups in total. The molecule has 0 spiro atoms. The summed E-state index contributed by atoms with van der Waals surface area (Å²) in [5.41, 5.74) is 0.150. The van der Waals surface area contributed by atoms with Gasteiger partial charge in [-0.2, -0.15) is 0 Å². The molecule has 5 nitrogen and oxygen atoms in total. The van der Waals surface area contributed by atoms with E-state index >= 15 is 0 Å². The number of pyridine rings is 1. The predicted molar refractivity (Wildman–Crippen MR) is 61.5 cm³/mol. The molecule has 0 bridgehead atoms. The average Bonchev–Trinajstić information content (AvgIpc) is 2.29. The number of hydrogen-bond donors (Lipinski definition) is 0. The molecule has 1 aromatic carbocycles. The Labute approximate surface area is 98.4 Å². The molecule has 0 unspecified atom stereocenters. The molecule has 80 valence electrons. The van der Waals surface area contributed by atoms with E-state index < -0.39 is 4.92 Å². The second kappa shape index (κ2) is 3.97. The van der Waals surface area contributed by atoms with Crippen LogP contribution < -0.4 is 0 Å². The molecule has 0 amide bonds. The Hall–Kier alpha value is -1.82. The van der Waals surface area contributed by atoms with Crippen LogP contribution in [-0.4, -0.2) is 16.2 Å². The van der Waals surface area contributed by atoms with Crippen molar-refractivity contribution in [1.29, 1.82) is 0 Å². The number of rotatable bonds is 2. The first kappa shape index (κ1) is 10.7. The number of hydrogen-bond acceptors (Lipinski definition) is 4. The summed E-state index contributed by atoms with van der Waals surface area (Å²) in [4.78, 5) is 25.0. The summed E-state index contributed by atoms with van der Waals surface area (Å²) in [5, 5.41) is 11.7. The Kier molecular flexibility index (Phi) is 2.66. The van der Waals surface area contributed by atoms with E-state index in [-0.39, 0.29) is 11.4 Å². The number of nitro benzene ring substituents is 1. The number of fused-ring (bicyclic) bond motifs is 1. The Morgan fingerprint density at radius 2 is 2.19 bits per heavy atom. The van der Waals surface area contributed by atoms with Crippen LogP contribution in [0.4, 0.5) is 5.69 Å². The lowest BCUT2D eigenvalue weighted by atomic mass is 10.1. The van der Waals surface area contributed by atoms with Crippen molar-refractivity contribution in [3.8, 4) is 0 Å². The van der Waals surface area contributed by atoms with E-state index in [9.17, 15) is 14.9 Å². The highest BCUT2D eigenvalue weighted by Crippen LogP contribution is 2.32. The monoisotopic (exact) mass is 280 g/mol. The van der Waals surface area contributed by atoms with Gasteiger partial charge in [-0.25, -0.2) is 0 Å². The molecule has 1 heterocycles. The first-order valence-corrected chi connectivity index (χ1v) is 5.11. The molecule has 6 heteroatoms. The lowest BCUT2D eigenvalue weighted by molar-refractivity contribution is -0.383. The summed E-state index contributed by atoms with van der Waals surface area (Å²) in [6, 6.07) is 4.55. The molecule has 1 aromatic heterocycles. The van der Waals surface area contributed by atoms with E-state index in [0.717, 1.165) is 0 Å². The normalized spacial score (nSPS) is 10.3. The van der Waals surface area contributed by atoms with Crippen LogP contribution >= 0.6 is 15.9 Å². The predicted octanol–water partition coefficient (Wildman–Crippen LogP) is 2.72. The Morgan fingerprint density at radius 3 is 2.81 bits per heavy atom. The summed E-state index contributed by atoms with van der Waals surface area (Å²) < 4.78 is 0.500. The third-order valence-electron chi connectivity index (χ3n) is 2.18. The number of non-ortho nitro benzene ring substituents is 1. The van der Waals surface area contributed by atoms with Gasteiger partial charge in [0.05, 0.1) is 14.8 Å². The SMILES string of the molecule is O=Cc1ncc(Br)c2c([N+](=O)[O-])cccc12. The minimum absolute atomic E-state index is 0.0464. The van der Waals surface area contributed by atoms with Crippen molar-refractivity contribution < 1.29 is 9.72 Å². The molecule has 0 aliphatic rings. The minimum atomic E-state index is -0.484. The summed E-state index contributed by atoms with van der Waals surface area (Å²) in [6.45, 7) is 0. The van der Waals surface area contributed by atoms with E-state index in [1.807, 2.05) is 0 Å². The number of carbonyl (C=O) groups is 1. The number of aromatic nitrogens is 1. The van der Waals surface area contributed by atoms with E-state index in [1.165, 1.54) is 18.3 Å². The molecule has 0 saturated carbocycles. The molecule has 0 atom stereocenters. The Bertz CT molecular complexity index is 598. The van der Waals surface area contributed by atoms with Crippen molar-refractivity contribution >= 4 is 38.7 Å². The molecule has 0 fully saturated rings. The highest BCUT2D eigenvalue weighted by Gasteiger charge is 2.16. The van der Waals surface area contributed by atoms with Crippen LogP contribution in [0.2, 0.25) is 0 Å². The highest BCUT2D eigenvalue weighted by molar-refractivity contribution is 9.10. The zero-order valence-corrected chi connectivity index (χ0v) is 9.47. The van der Waals surface area contributed by atoms with E-state index in [4.69, 9.17) is 0 Å². The smallest absolute Gasteiger partial charge is 0.278 e. The largest absolute Gasteiger partial charge is 0.296 e. The fraction of sp³-hybridized carbons (Fsp3) is 0. The molecule has 0 saturated heterocycles. The van der Waals surface area contributed by atoms with Crippen LogP contribution in [0.1, 0.15) is 10.5 Å². The third-order valence-corrected chi connectivity index (χ3v) is 2.78. The molecular weight excluding hydrogens is 276 g/mol. The standard InChI is InChI=1S/C10H5BrN2O3/c11-7-4-12-8(5-14)6-2-1-3-9(10(6)7)13(15)16/h1-5H. The quantitative estimate of drug-likeness (QED) is 0.482. The Balaban J connectivity index is 2.97. The van der Waals surface area contributed by atoms with Crippen LogP contribution in [0.3, 0.4) is 0 Å². The van der Waals surface area contributed by atoms with Crippen LogP contribution in [0.5, 0.6) is 0 Å². The van der Waals surface area contributed by atoms with Crippen molar-refractivity contribution in [2.75, 3.05) is 0 Å². The Morgan fingerprint density at radius 1 is 1.44 bits per heavy atom. The van der Waals surface area contributed by atoms with Gasteiger partial charge < -0.3 is 0 Å². The summed E-state index contributed by atoms with van der Waals surface area (Å²) in [5.74, 6) is 0. The topological polar surface area (TPSA) is 73.1 Å². The molecule has 0 aliphatic carbocycles. The van der Waals surface area contributed by atoms with Gasteiger partial charge in [0.2, 0.25) is 0 Å². The van der Waals surface area contributed by atoms with E-state index in [1.54, 1.807) is 6.07 Å². The number of halogens is 1. The lowest BCUT2D eigenvalue weighted by Gasteiger charge is -2.03. The van der Waals surface area contributed by atoms with Crippen molar-refractivity contribution in [2.24, 2.45) is 0 Å². The minimum Gasteiger partial charge on any atom is -0.296 e. The maximum Gasteiger partial charge on any atom is 0.278 e. The molecule has 0 aliphatic heterocycles. The zero-order chi connectivity index (χ0) is 11.7. The van der Waals surface area contributed by atoms with Crippen molar-refractivity contribution in [2.45, 2.75) is 0 Å². The van der Waals surface area contributed by atoms with Gasteiger partial charge in [0.15, 0.2) is 6.29 Å². The van der Waals surface area contributed by atoms with Crippen molar-refractivity contribution in [3.05, 3.63) is 44.7 Å². The number of aldehydes is 1. The van der Waals surface area contributed by atoms with E-state index in [2.05, 4.69) is 20.9 Å². The summed E-state index contributed by atoms with van der Waals surface area (Å²) >= 11 is 3.20. The van der Waals surface area contributed by atoms with Gasteiger partial charge in [0.1, 0.15) is 5.69 Å². The highest BCUT2D eigenvalue weighted by atomic mass is 79.9. The van der Waals surface area contributed by atoms with Crippen molar-refractivity contribution in [3.63, 3.8) is 0 Å². The summed E-state index contributed by atoms with van der Waals surface area (Å²) in [6.07, 6.45) is 1.97. The maximum atomic E-state index is 10.8. The second-order valence-corrected chi connectivity index (χ2v) is 3.92. The van der Waals surface area contributed by atoms with Gasteiger partial charge in [0.25, 0.3) is 5.69 Å². The van der Waals surface area contributed by atoms with Crippen LogP contribution in [-0.2, 0) is 0 Å². The molecule has 16 heavy (non-hydrogen) atoms. The van der Waals surface area contributed by atoms with Crippen LogP contribution in [0, 0.1) is 10.1 Å². The van der Waals surface area contributed by atoms with Gasteiger partial charge in [-0.1, -0.05) is 12.1 Å². The number of nitro groups is 1. The first-order chi connectivity index (χ1) is 7.65. The number of benzene rings is 1. The fourth-order valence-electron chi connectivity index (χ4n) is 1.51. The lowest BCUT2D eigenvalue weighted by Crippen LogP contribution is -1.94. The third kappa shape index (κ3) is 1.57. The fourth-order valence-corrected chi connectivity index (χ4v) is 2.03. The zero-order valence-electron chi connectivity index (χ0n) is 7.88. The molecular formula is C10H5BrN2O3. The van der Waals surface area contributed by atoms with Gasteiger partial charge in [-0.05, 0) is 15.9 Å². The number of nitrogens with zero attached hydrogens (tertiary/aromatic N) is 2. The molecule has 2 rings (SSSR count). The van der Waals surface area contributed by atoms with Crippen molar-refractivity contribution in [1.82, 2.24) is 4.98 Å². The molecule has 2 aromatic rings. The van der Waals surface area contributed by atoms with Crippen LogP contribution in [0.15, 0.2) is 28.9 Å². The number of carbonyl (C=O) groups excluding carboxylic acids is 1. The van der Waals surface area contributed by atoms with E-state index in [0.29, 0.717) is 21.5 Å². The van der Waals surface area contributed by atoms with Crippen LogP contribution in [0.25, 0.3) is 10.8 Å². The van der Waals surface area contributed by atoms with Gasteiger partial charge in [0, 0.05) is 17.6 Å². The van der Waals surface area contributed by atoms with Gasteiger partial charge >= 0.3 is 0 Å². The summed E-state index contributed by atoms with van der Waals surface area (Å²) in [7, 11) is 0. The second-order valence-electron chi connectivity index (χ2n) is 3.07. The average molecular weight is 281 g/mol. The molecule has 0 radical (unpaired) electrons. The first-order valence-electron chi connectivity index (χ1n) is 4.32. The maximum absolute atomic E-state index is 10.8. The van der Waals surface area contributed by atoms with Gasteiger partial charge in [-0.15, -0.1) is 0 Å².